The topological polar surface area (TPSA) is 97.1 Å². The summed E-state index contributed by atoms with van der Waals surface area (Å²) in [4.78, 5) is 33.5. The molecule has 2 aromatic heterocycles. The summed E-state index contributed by atoms with van der Waals surface area (Å²) >= 11 is 3.28. The van der Waals surface area contributed by atoms with Gasteiger partial charge in [0, 0.05) is 28.6 Å². The van der Waals surface area contributed by atoms with Gasteiger partial charge in [0.2, 0.25) is 11.8 Å². The Kier molecular flexibility index (Phi) is 8.31. The lowest BCUT2D eigenvalue weighted by Gasteiger charge is -2.28. The highest BCUT2D eigenvalue weighted by Gasteiger charge is 2.28. The van der Waals surface area contributed by atoms with Gasteiger partial charge in [-0.1, -0.05) is 45.1 Å². The van der Waals surface area contributed by atoms with Crippen molar-refractivity contribution in [3.63, 3.8) is 0 Å². The normalized spacial score (nSPS) is 18.0. The van der Waals surface area contributed by atoms with Crippen molar-refractivity contribution in [1.82, 2.24) is 9.97 Å². The number of carbonyl (C=O) groups is 2. The second-order valence-corrected chi connectivity index (χ2v) is 12.3. The zero-order valence-corrected chi connectivity index (χ0v) is 22.5. The Labute approximate surface area is 220 Å². The molecule has 1 aliphatic rings. The molecule has 1 fully saturated rings. The lowest BCUT2D eigenvalue weighted by molar-refractivity contribution is -0.111. The summed E-state index contributed by atoms with van der Waals surface area (Å²) in [5.74, 6) is 2.12. The molecule has 3 aromatic rings. The average molecular weight is 525 g/mol. The molecular weight excluding hydrogens is 492 g/mol. The first-order valence-corrected chi connectivity index (χ1v) is 13.9. The van der Waals surface area contributed by atoms with Gasteiger partial charge in [0.25, 0.3) is 0 Å². The molecule has 0 saturated heterocycles. The smallest absolute Gasteiger partial charge is 0.247 e. The van der Waals surface area contributed by atoms with Crippen LogP contribution in [0.2, 0.25) is 0 Å². The van der Waals surface area contributed by atoms with Crippen LogP contribution in [0, 0.1) is 5.92 Å². The SMILES string of the molecule is C=CC(=O)Nc1ccc(C(=O)C2CCCC(Nc3ncc(SCc4ncc(C(C)(C)C)o4)s3)C2)cc1. The first-order chi connectivity index (χ1) is 17.2. The van der Waals surface area contributed by atoms with E-state index >= 15 is 0 Å². The van der Waals surface area contributed by atoms with Crippen LogP contribution in [0.25, 0.3) is 0 Å². The van der Waals surface area contributed by atoms with Crippen molar-refractivity contribution in [1.29, 1.82) is 0 Å². The van der Waals surface area contributed by atoms with E-state index in [9.17, 15) is 9.59 Å². The van der Waals surface area contributed by atoms with Gasteiger partial charge in [-0.05, 0) is 49.6 Å². The predicted octanol–water partition coefficient (Wildman–Crippen LogP) is 6.70. The van der Waals surface area contributed by atoms with Gasteiger partial charge < -0.3 is 15.1 Å². The Balaban J connectivity index is 1.29. The number of ketones is 1. The Bertz CT molecular complexity index is 1210. The molecule has 2 atom stereocenters. The number of hydrogen-bond donors (Lipinski definition) is 2. The van der Waals surface area contributed by atoms with Crippen molar-refractivity contribution in [2.24, 2.45) is 5.92 Å². The summed E-state index contributed by atoms with van der Waals surface area (Å²) in [6.45, 7) is 9.77. The van der Waals surface area contributed by atoms with Crippen LogP contribution in [-0.2, 0) is 16.0 Å². The van der Waals surface area contributed by atoms with Gasteiger partial charge in [0.05, 0.1) is 22.4 Å². The van der Waals surface area contributed by atoms with Crippen molar-refractivity contribution in [2.75, 3.05) is 10.6 Å². The number of amides is 1. The maximum absolute atomic E-state index is 13.1. The van der Waals surface area contributed by atoms with Crippen molar-refractivity contribution >= 4 is 45.6 Å². The number of aromatic nitrogens is 2. The highest BCUT2D eigenvalue weighted by atomic mass is 32.2. The Morgan fingerprint density at radius 2 is 1.97 bits per heavy atom. The van der Waals surface area contributed by atoms with Crippen LogP contribution in [0.1, 0.15) is 68.5 Å². The van der Waals surface area contributed by atoms with Gasteiger partial charge in [-0.15, -0.1) is 11.8 Å². The van der Waals surface area contributed by atoms with Gasteiger partial charge in [0.1, 0.15) is 5.76 Å². The molecule has 0 bridgehead atoms. The van der Waals surface area contributed by atoms with E-state index in [1.165, 1.54) is 6.08 Å². The number of oxazole rings is 1. The standard InChI is InChI=1S/C27H32N4O3S2/c1-5-22(32)30-19-11-9-17(10-12-19)25(33)18-7-6-8-20(13-18)31-26-29-15-24(36-26)35-16-23-28-14-21(34-23)27(2,3)4/h5,9-12,14-15,18,20H,1,6-8,13,16H2,2-4H3,(H,29,31)(H,30,32). The summed E-state index contributed by atoms with van der Waals surface area (Å²) in [6.07, 6.45) is 8.59. The molecule has 0 spiro atoms. The van der Waals surface area contributed by atoms with E-state index in [1.54, 1.807) is 47.4 Å². The number of carbonyl (C=O) groups excluding carboxylic acids is 2. The van der Waals surface area contributed by atoms with Gasteiger partial charge in [-0.3, -0.25) is 9.59 Å². The molecule has 2 unspecified atom stereocenters. The molecule has 0 aliphatic heterocycles. The van der Waals surface area contributed by atoms with E-state index in [1.807, 2.05) is 12.4 Å². The minimum Gasteiger partial charge on any atom is -0.444 e. The molecule has 190 valence electrons. The summed E-state index contributed by atoms with van der Waals surface area (Å²) in [5.41, 5.74) is 1.27. The Morgan fingerprint density at radius 3 is 2.67 bits per heavy atom. The lowest BCUT2D eigenvalue weighted by Crippen LogP contribution is -2.31. The van der Waals surface area contributed by atoms with E-state index in [0.717, 1.165) is 46.7 Å². The largest absolute Gasteiger partial charge is 0.444 e. The van der Waals surface area contributed by atoms with Crippen LogP contribution in [-0.4, -0.2) is 27.7 Å². The fourth-order valence-electron chi connectivity index (χ4n) is 4.13. The molecule has 1 aromatic carbocycles. The predicted molar refractivity (Wildman–Crippen MR) is 146 cm³/mol. The van der Waals surface area contributed by atoms with Crippen molar-refractivity contribution in [3.8, 4) is 0 Å². The van der Waals surface area contributed by atoms with Crippen LogP contribution in [0.15, 0.2) is 57.9 Å². The van der Waals surface area contributed by atoms with Gasteiger partial charge >= 0.3 is 0 Å². The van der Waals surface area contributed by atoms with Crippen molar-refractivity contribution in [2.45, 2.75) is 67.9 Å². The highest BCUT2D eigenvalue weighted by molar-refractivity contribution is 8.00. The number of Topliss-reactive ketones (excluding diaryl/α,β-unsaturated/α-hetero) is 1. The lowest BCUT2D eigenvalue weighted by atomic mass is 9.81. The third-order valence-corrected chi connectivity index (χ3v) is 8.22. The second kappa shape index (κ2) is 11.4. The third-order valence-electron chi connectivity index (χ3n) is 6.11. The van der Waals surface area contributed by atoms with Crippen LogP contribution in [0.5, 0.6) is 0 Å². The van der Waals surface area contributed by atoms with E-state index in [0.29, 0.717) is 17.0 Å². The van der Waals surface area contributed by atoms with Gasteiger partial charge in [-0.25, -0.2) is 9.97 Å². The fraction of sp³-hybridized carbons (Fsp3) is 0.407. The molecule has 0 radical (unpaired) electrons. The Morgan fingerprint density at radius 1 is 1.19 bits per heavy atom. The minimum absolute atomic E-state index is 0.0271. The number of nitrogens with zero attached hydrogens (tertiary/aromatic N) is 2. The third kappa shape index (κ3) is 6.85. The molecule has 7 nitrogen and oxygen atoms in total. The molecule has 9 heteroatoms. The first kappa shape index (κ1) is 26.2. The van der Waals surface area contributed by atoms with Crippen LogP contribution >= 0.6 is 23.1 Å². The fourth-order valence-corrected chi connectivity index (χ4v) is 5.93. The number of benzene rings is 1. The van der Waals surface area contributed by atoms with Gasteiger partial charge in [0.15, 0.2) is 10.9 Å². The summed E-state index contributed by atoms with van der Waals surface area (Å²) in [7, 11) is 0. The van der Waals surface area contributed by atoms with E-state index in [4.69, 9.17) is 4.42 Å². The van der Waals surface area contributed by atoms with Crippen LogP contribution in [0.4, 0.5) is 10.8 Å². The molecule has 2 N–H and O–H groups in total. The maximum atomic E-state index is 13.1. The van der Waals surface area contributed by atoms with Gasteiger partial charge in [-0.2, -0.15) is 0 Å². The molecular formula is C27H32N4O3S2. The van der Waals surface area contributed by atoms with Crippen LogP contribution in [0.3, 0.4) is 0 Å². The zero-order chi connectivity index (χ0) is 25.7. The molecule has 36 heavy (non-hydrogen) atoms. The summed E-state index contributed by atoms with van der Waals surface area (Å²) in [5, 5.41) is 7.12. The highest BCUT2D eigenvalue weighted by Crippen LogP contribution is 2.34. The zero-order valence-electron chi connectivity index (χ0n) is 20.9. The number of hydrogen-bond acceptors (Lipinski definition) is 8. The van der Waals surface area contributed by atoms with Crippen molar-refractivity contribution in [3.05, 3.63) is 66.5 Å². The van der Waals surface area contributed by atoms with Crippen molar-refractivity contribution < 1.29 is 14.0 Å². The molecule has 4 rings (SSSR count). The molecule has 1 aliphatic carbocycles. The maximum Gasteiger partial charge on any atom is 0.247 e. The number of anilines is 2. The average Bonchev–Trinajstić information content (AvgIpc) is 3.52. The summed E-state index contributed by atoms with van der Waals surface area (Å²) < 4.78 is 6.98. The summed E-state index contributed by atoms with van der Waals surface area (Å²) in [6, 6.07) is 7.28. The molecule has 1 saturated carbocycles. The second-order valence-electron chi connectivity index (χ2n) is 9.98. The Hall–Kier alpha value is -2.91. The first-order valence-electron chi connectivity index (χ1n) is 12.1. The molecule has 2 heterocycles. The van der Waals surface area contributed by atoms with E-state index in [2.05, 4.69) is 48.0 Å². The molecule has 1 amide bonds. The quantitative estimate of drug-likeness (QED) is 0.183. The number of thiazole rings is 1. The minimum atomic E-state index is -0.272. The number of rotatable bonds is 9. The van der Waals surface area contributed by atoms with E-state index in [-0.39, 0.29) is 29.1 Å². The number of thioether (sulfide) groups is 1. The monoisotopic (exact) mass is 524 g/mol. The van der Waals surface area contributed by atoms with Crippen LogP contribution < -0.4 is 10.6 Å². The van der Waals surface area contributed by atoms with E-state index < -0.39 is 0 Å². The number of nitrogens with one attached hydrogen (secondary N) is 2.